The van der Waals surface area contributed by atoms with Gasteiger partial charge in [0.05, 0.1) is 10.6 Å². The molecule has 0 radical (unpaired) electrons. The van der Waals surface area contributed by atoms with Crippen LogP contribution in [0.15, 0.2) is 95.9 Å². The summed E-state index contributed by atoms with van der Waals surface area (Å²) in [6.07, 6.45) is 0.869. The molecule has 0 aliphatic rings. The number of halogens is 2. The SMILES string of the molecule is CC[C@@H](C)NC(=O)[C@@H](Cc1ccccc1)N(Cc1c(Cl)cccc1Cl)C(=O)CN(c1cc(C)ccc1C)S(=O)(=O)c1ccc(C)cc1. The summed E-state index contributed by atoms with van der Waals surface area (Å²) in [4.78, 5) is 30.2. The van der Waals surface area contributed by atoms with Crippen LogP contribution in [-0.4, -0.2) is 43.8 Å². The summed E-state index contributed by atoms with van der Waals surface area (Å²) in [6.45, 7) is 8.71. The molecule has 248 valence electrons. The highest BCUT2D eigenvalue weighted by atomic mass is 35.5. The van der Waals surface area contributed by atoms with E-state index in [-0.39, 0.29) is 29.8 Å². The second-order valence-corrected chi connectivity index (χ2v) is 14.5. The smallest absolute Gasteiger partial charge is 0.264 e. The minimum Gasteiger partial charge on any atom is -0.352 e. The number of sulfonamides is 1. The fraction of sp³-hybridized carbons (Fsp3) is 0.297. The number of hydrogen-bond acceptors (Lipinski definition) is 4. The number of aryl methyl sites for hydroxylation is 3. The largest absolute Gasteiger partial charge is 0.352 e. The summed E-state index contributed by atoms with van der Waals surface area (Å²) in [5.74, 6) is -0.947. The van der Waals surface area contributed by atoms with Gasteiger partial charge in [-0.15, -0.1) is 0 Å². The maximum absolute atomic E-state index is 14.7. The summed E-state index contributed by atoms with van der Waals surface area (Å²) in [5.41, 5.74) is 4.07. The normalized spacial score (nSPS) is 12.7. The molecule has 7 nitrogen and oxygen atoms in total. The van der Waals surface area contributed by atoms with E-state index in [1.165, 1.54) is 17.0 Å². The van der Waals surface area contributed by atoms with Crippen molar-refractivity contribution in [3.63, 3.8) is 0 Å². The highest BCUT2D eigenvalue weighted by molar-refractivity contribution is 7.92. The number of benzene rings is 4. The van der Waals surface area contributed by atoms with Gasteiger partial charge in [0.2, 0.25) is 11.8 Å². The molecule has 4 aromatic rings. The number of nitrogens with one attached hydrogen (secondary N) is 1. The second-order valence-electron chi connectivity index (χ2n) is 11.9. The fourth-order valence-electron chi connectivity index (χ4n) is 5.19. The number of nitrogens with zero attached hydrogens (tertiary/aromatic N) is 2. The Hall–Kier alpha value is -3.85. The second kappa shape index (κ2) is 15.8. The van der Waals surface area contributed by atoms with Gasteiger partial charge in [-0.3, -0.25) is 13.9 Å². The lowest BCUT2D eigenvalue weighted by Crippen LogP contribution is -2.54. The molecule has 1 N–H and O–H groups in total. The minimum absolute atomic E-state index is 0.0489. The van der Waals surface area contributed by atoms with Crippen molar-refractivity contribution in [2.45, 2.75) is 71.0 Å². The van der Waals surface area contributed by atoms with Crippen LogP contribution in [-0.2, 0) is 32.6 Å². The molecule has 2 amide bonds. The van der Waals surface area contributed by atoms with E-state index in [1.807, 2.05) is 70.2 Å². The molecule has 4 aromatic carbocycles. The van der Waals surface area contributed by atoms with Crippen molar-refractivity contribution >= 4 is 50.7 Å². The molecule has 0 saturated heterocycles. The van der Waals surface area contributed by atoms with E-state index in [2.05, 4.69) is 5.32 Å². The molecular formula is C37H41Cl2N3O4S. The van der Waals surface area contributed by atoms with Crippen molar-refractivity contribution < 1.29 is 18.0 Å². The summed E-state index contributed by atoms with van der Waals surface area (Å²) in [6, 6.07) is 25.2. The van der Waals surface area contributed by atoms with Crippen LogP contribution >= 0.6 is 23.2 Å². The van der Waals surface area contributed by atoms with Crippen LogP contribution in [0.1, 0.15) is 48.1 Å². The topological polar surface area (TPSA) is 86.8 Å². The highest BCUT2D eigenvalue weighted by Gasteiger charge is 2.36. The van der Waals surface area contributed by atoms with E-state index in [4.69, 9.17) is 23.2 Å². The molecule has 47 heavy (non-hydrogen) atoms. The minimum atomic E-state index is -4.22. The van der Waals surface area contributed by atoms with Gasteiger partial charge in [-0.1, -0.05) is 96.4 Å². The molecule has 0 unspecified atom stereocenters. The molecular weight excluding hydrogens is 653 g/mol. The zero-order valence-electron chi connectivity index (χ0n) is 27.3. The van der Waals surface area contributed by atoms with Crippen LogP contribution in [0.25, 0.3) is 0 Å². The molecule has 0 aromatic heterocycles. The zero-order valence-corrected chi connectivity index (χ0v) is 29.7. The lowest BCUT2D eigenvalue weighted by Gasteiger charge is -2.35. The Morgan fingerprint density at radius 3 is 2.06 bits per heavy atom. The average Bonchev–Trinajstić information content (AvgIpc) is 3.04. The van der Waals surface area contributed by atoms with Gasteiger partial charge >= 0.3 is 0 Å². The van der Waals surface area contributed by atoms with Crippen molar-refractivity contribution in [2.75, 3.05) is 10.8 Å². The number of anilines is 1. The zero-order chi connectivity index (χ0) is 34.3. The van der Waals surface area contributed by atoms with E-state index < -0.39 is 28.5 Å². The van der Waals surface area contributed by atoms with E-state index >= 15 is 0 Å². The van der Waals surface area contributed by atoms with Crippen LogP contribution in [0.5, 0.6) is 0 Å². The van der Waals surface area contributed by atoms with E-state index in [1.54, 1.807) is 43.3 Å². The van der Waals surface area contributed by atoms with Crippen LogP contribution in [0.2, 0.25) is 10.0 Å². The third-order valence-corrected chi connectivity index (χ3v) is 10.7. The van der Waals surface area contributed by atoms with E-state index in [0.717, 1.165) is 21.0 Å². The highest BCUT2D eigenvalue weighted by Crippen LogP contribution is 2.31. The Bertz CT molecular complexity index is 1800. The van der Waals surface area contributed by atoms with Gasteiger partial charge in [0, 0.05) is 34.6 Å². The number of carbonyl (C=O) groups is 2. The van der Waals surface area contributed by atoms with Crippen LogP contribution in [0, 0.1) is 20.8 Å². The third kappa shape index (κ3) is 8.95. The summed E-state index contributed by atoms with van der Waals surface area (Å²) in [7, 11) is -4.22. The maximum atomic E-state index is 14.7. The molecule has 0 spiro atoms. The monoisotopic (exact) mass is 693 g/mol. The Kier molecular flexibility index (Phi) is 12.1. The maximum Gasteiger partial charge on any atom is 0.264 e. The first kappa shape index (κ1) is 36.0. The fourth-order valence-corrected chi connectivity index (χ4v) is 7.18. The molecule has 0 aliphatic heterocycles. The summed E-state index contributed by atoms with van der Waals surface area (Å²) in [5, 5.41) is 3.69. The average molecular weight is 695 g/mol. The molecule has 10 heteroatoms. The first-order chi connectivity index (χ1) is 22.3. The lowest BCUT2D eigenvalue weighted by molar-refractivity contribution is -0.140. The predicted molar refractivity (Wildman–Crippen MR) is 190 cm³/mol. The van der Waals surface area contributed by atoms with Crippen LogP contribution in [0.3, 0.4) is 0 Å². The Morgan fingerprint density at radius 1 is 0.830 bits per heavy atom. The quantitative estimate of drug-likeness (QED) is 0.156. The summed E-state index contributed by atoms with van der Waals surface area (Å²) < 4.78 is 29.8. The number of hydrogen-bond donors (Lipinski definition) is 1. The molecule has 4 rings (SSSR count). The van der Waals surface area contributed by atoms with Crippen LogP contribution in [0.4, 0.5) is 5.69 Å². The Morgan fingerprint density at radius 2 is 1.45 bits per heavy atom. The van der Waals surface area contributed by atoms with Crippen molar-refractivity contribution in [3.8, 4) is 0 Å². The van der Waals surface area contributed by atoms with Gasteiger partial charge < -0.3 is 10.2 Å². The molecule has 0 bridgehead atoms. The van der Waals surface area contributed by atoms with Gasteiger partial charge in [-0.05, 0) is 81.1 Å². The van der Waals surface area contributed by atoms with Crippen molar-refractivity contribution in [1.82, 2.24) is 10.2 Å². The number of rotatable bonds is 13. The van der Waals surface area contributed by atoms with Crippen molar-refractivity contribution in [1.29, 1.82) is 0 Å². The first-order valence-corrected chi connectivity index (χ1v) is 17.7. The van der Waals surface area contributed by atoms with Gasteiger partial charge in [0.15, 0.2) is 0 Å². The lowest BCUT2D eigenvalue weighted by atomic mass is 10.0. The molecule has 2 atom stereocenters. The third-order valence-electron chi connectivity index (χ3n) is 8.18. The van der Waals surface area contributed by atoms with Gasteiger partial charge in [-0.25, -0.2) is 8.42 Å². The van der Waals surface area contributed by atoms with E-state index in [0.29, 0.717) is 33.3 Å². The first-order valence-electron chi connectivity index (χ1n) is 15.5. The van der Waals surface area contributed by atoms with Crippen LogP contribution < -0.4 is 9.62 Å². The number of amides is 2. The van der Waals surface area contributed by atoms with Crippen molar-refractivity contribution in [2.24, 2.45) is 0 Å². The van der Waals surface area contributed by atoms with Gasteiger partial charge in [0.25, 0.3) is 10.0 Å². The molecule has 0 fully saturated rings. The molecule has 0 aliphatic carbocycles. The summed E-state index contributed by atoms with van der Waals surface area (Å²) >= 11 is 13.2. The van der Waals surface area contributed by atoms with Gasteiger partial charge in [-0.2, -0.15) is 0 Å². The van der Waals surface area contributed by atoms with E-state index in [9.17, 15) is 18.0 Å². The Balaban J connectivity index is 1.87. The molecule has 0 saturated carbocycles. The molecule has 0 heterocycles. The number of carbonyl (C=O) groups excluding carboxylic acids is 2. The van der Waals surface area contributed by atoms with Crippen molar-refractivity contribution in [3.05, 3.63) is 129 Å². The Labute approximate surface area is 288 Å². The van der Waals surface area contributed by atoms with Gasteiger partial charge in [0.1, 0.15) is 12.6 Å². The standard InChI is InChI=1S/C37H41Cl2N3O4S/c1-6-28(5)40-37(44)35(22-29-11-8-7-9-12-29)41(23-31-32(38)13-10-14-33(31)39)36(43)24-42(34-21-26(3)15-18-27(34)4)47(45,46)30-19-16-25(2)17-20-30/h7-21,28,35H,6,22-24H2,1-5H3,(H,40,44)/t28-,35-/m1/s1. The predicted octanol–water partition coefficient (Wildman–Crippen LogP) is 7.67.